The molecule has 1 fully saturated rings. The Morgan fingerprint density at radius 3 is 3.00 bits per heavy atom. The fraction of sp³-hybridized carbons (Fsp3) is 0.571. The molecule has 1 rings (SSSR count). The van der Waals surface area contributed by atoms with Gasteiger partial charge in [-0.15, -0.1) is 6.58 Å². The number of rotatable bonds is 2. The molecule has 1 saturated heterocycles. The van der Waals surface area contributed by atoms with Crippen LogP contribution >= 0.6 is 0 Å². The van der Waals surface area contributed by atoms with Crippen molar-refractivity contribution >= 4 is 0 Å². The van der Waals surface area contributed by atoms with E-state index in [9.17, 15) is 0 Å². The summed E-state index contributed by atoms with van der Waals surface area (Å²) in [5.74, 6) is 0. The van der Waals surface area contributed by atoms with E-state index in [1.165, 1.54) is 12.8 Å². The molecule has 1 aliphatic heterocycles. The predicted octanol–water partition coefficient (Wildman–Crippen LogP) is 1.56. The Bertz CT molecular complexity index is 72.5. The van der Waals surface area contributed by atoms with Gasteiger partial charge in [-0.3, -0.25) is 0 Å². The van der Waals surface area contributed by atoms with Crippen molar-refractivity contribution in [1.29, 1.82) is 0 Å². The second-order valence-electron chi connectivity index (χ2n) is 1.98. The molecule has 0 aromatic carbocycles. The molecule has 0 spiro atoms. The molecule has 1 nitrogen and oxygen atoms in total. The molecule has 0 N–H and O–H groups in total. The third-order valence-electron chi connectivity index (χ3n) is 1.32. The topological polar surface area (TPSA) is 9.23 Å². The molecule has 1 atom stereocenters. The highest BCUT2D eigenvalue weighted by molar-refractivity contribution is 4.94. The van der Waals surface area contributed by atoms with Crippen LogP contribution in [-0.2, 0) is 4.74 Å². The average Bonchev–Trinajstić information content (AvgIpc) is 2.19. The summed E-state index contributed by atoms with van der Waals surface area (Å²) in [5.41, 5.74) is 0. The molecule has 8 heavy (non-hydrogen) atoms. The van der Waals surface area contributed by atoms with Crippen LogP contribution in [0.1, 0.15) is 12.8 Å². The van der Waals surface area contributed by atoms with Crippen LogP contribution in [0.4, 0.5) is 0 Å². The smallest absolute Gasteiger partial charge is 0.0645 e. The van der Waals surface area contributed by atoms with Crippen LogP contribution in [0, 0.1) is 6.42 Å². The van der Waals surface area contributed by atoms with Gasteiger partial charge in [0.2, 0.25) is 0 Å². The number of ether oxygens (including phenoxy) is 1. The quantitative estimate of drug-likeness (QED) is 0.525. The van der Waals surface area contributed by atoms with Crippen LogP contribution in [0.15, 0.2) is 12.7 Å². The summed E-state index contributed by atoms with van der Waals surface area (Å²) in [6.45, 7) is 4.51. The molecule has 0 amide bonds. The molecule has 0 aromatic heterocycles. The van der Waals surface area contributed by atoms with Crippen LogP contribution in [0.3, 0.4) is 0 Å². The van der Waals surface area contributed by atoms with E-state index < -0.39 is 0 Å². The van der Waals surface area contributed by atoms with Gasteiger partial charge in [0.25, 0.3) is 0 Å². The minimum absolute atomic E-state index is 0.368. The average molecular weight is 111 g/mol. The van der Waals surface area contributed by atoms with Crippen molar-refractivity contribution in [2.24, 2.45) is 0 Å². The fourth-order valence-corrected chi connectivity index (χ4v) is 0.906. The maximum atomic E-state index is 5.27. The van der Waals surface area contributed by atoms with Crippen molar-refractivity contribution in [3.63, 3.8) is 0 Å². The zero-order valence-electron chi connectivity index (χ0n) is 4.97. The van der Waals surface area contributed by atoms with E-state index in [0.717, 1.165) is 6.61 Å². The Morgan fingerprint density at radius 2 is 2.50 bits per heavy atom. The molecule has 1 heterocycles. The van der Waals surface area contributed by atoms with Crippen LogP contribution in [0.2, 0.25) is 0 Å². The maximum absolute atomic E-state index is 5.27. The summed E-state index contributed by atoms with van der Waals surface area (Å²) in [4.78, 5) is 0. The molecule has 45 valence electrons. The van der Waals surface area contributed by atoms with Gasteiger partial charge in [0.15, 0.2) is 0 Å². The Labute approximate surface area is 50.3 Å². The van der Waals surface area contributed by atoms with Gasteiger partial charge in [-0.05, 0) is 12.8 Å². The van der Waals surface area contributed by atoms with Crippen LogP contribution in [0.25, 0.3) is 0 Å². The van der Waals surface area contributed by atoms with E-state index >= 15 is 0 Å². The zero-order chi connectivity index (χ0) is 5.82. The molecule has 0 bridgehead atoms. The molecule has 1 radical (unpaired) electrons. The second kappa shape index (κ2) is 2.88. The maximum Gasteiger partial charge on any atom is 0.0645 e. The van der Waals surface area contributed by atoms with Crippen molar-refractivity contribution in [3.05, 3.63) is 19.1 Å². The summed E-state index contributed by atoms with van der Waals surface area (Å²) < 4.78 is 5.27. The SMILES string of the molecule is C=C[CH]C1CCCO1. The normalized spacial score (nSPS) is 28.2. The lowest BCUT2D eigenvalue weighted by molar-refractivity contribution is 0.137. The first-order valence-corrected chi connectivity index (χ1v) is 3.01. The fourth-order valence-electron chi connectivity index (χ4n) is 0.906. The predicted molar refractivity (Wildman–Crippen MR) is 33.5 cm³/mol. The first-order valence-electron chi connectivity index (χ1n) is 3.01. The molecule has 0 aromatic rings. The lowest BCUT2D eigenvalue weighted by Crippen LogP contribution is -2.02. The first kappa shape index (κ1) is 5.83. The van der Waals surface area contributed by atoms with Crippen LogP contribution < -0.4 is 0 Å². The van der Waals surface area contributed by atoms with E-state index in [1.807, 2.05) is 6.42 Å². The van der Waals surface area contributed by atoms with Crippen molar-refractivity contribution in [3.8, 4) is 0 Å². The second-order valence-corrected chi connectivity index (χ2v) is 1.98. The summed E-state index contributed by atoms with van der Waals surface area (Å²) in [5, 5.41) is 0. The minimum Gasteiger partial charge on any atom is -0.378 e. The van der Waals surface area contributed by atoms with Crippen molar-refractivity contribution < 1.29 is 4.74 Å². The monoisotopic (exact) mass is 111 g/mol. The van der Waals surface area contributed by atoms with Gasteiger partial charge in [-0.1, -0.05) is 6.08 Å². The highest BCUT2D eigenvalue weighted by atomic mass is 16.5. The lowest BCUT2D eigenvalue weighted by Gasteiger charge is -2.01. The molecule has 0 aliphatic carbocycles. The summed E-state index contributed by atoms with van der Waals surface area (Å²) in [7, 11) is 0. The van der Waals surface area contributed by atoms with E-state index in [4.69, 9.17) is 4.74 Å². The van der Waals surface area contributed by atoms with Crippen molar-refractivity contribution in [2.75, 3.05) is 6.61 Å². The van der Waals surface area contributed by atoms with Crippen molar-refractivity contribution in [2.45, 2.75) is 18.9 Å². The molecule has 1 aliphatic rings. The van der Waals surface area contributed by atoms with Gasteiger partial charge in [0.05, 0.1) is 6.10 Å². The third kappa shape index (κ3) is 1.34. The Morgan fingerprint density at radius 1 is 1.62 bits per heavy atom. The number of hydrogen-bond donors (Lipinski definition) is 0. The minimum atomic E-state index is 0.368. The van der Waals surface area contributed by atoms with Gasteiger partial charge in [0, 0.05) is 13.0 Å². The Balaban J connectivity index is 2.14. The van der Waals surface area contributed by atoms with Crippen molar-refractivity contribution in [1.82, 2.24) is 0 Å². The van der Waals surface area contributed by atoms with E-state index in [1.54, 1.807) is 6.08 Å². The van der Waals surface area contributed by atoms with Crippen LogP contribution in [-0.4, -0.2) is 12.7 Å². The molecule has 1 heteroatoms. The van der Waals surface area contributed by atoms with Gasteiger partial charge in [-0.25, -0.2) is 0 Å². The third-order valence-corrected chi connectivity index (χ3v) is 1.32. The Hall–Kier alpha value is -0.300. The number of hydrogen-bond acceptors (Lipinski definition) is 1. The van der Waals surface area contributed by atoms with Gasteiger partial charge in [0.1, 0.15) is 0 Å². The Kier molecular flexibility index (Phi) is 2.10. The van der Waals surface area contributed by atoms with Gasteiger partial charge < -0.3 is 4.74 Å². The van der Waals surface area contributed by atoms with E-state index in [0.29, 0.717) is 6.10 Å². The lowest BCUT2D eigenvalue weighted by atomic mass is 10.2. The summed E-state index contributed by atoms with van der Waals surface area (Å²) >= 11 is 0. The van der Waals surface area contributed by atoms with Crippen LogP contribution in [0.5, 0.6) is 0 Å². The van der Waals surface area contributed by atoms with E-state index in [2.05, 4.69) is 6.58 Å². The molecule has 0 saturated carbocycles. The van der Waals surface area contributed by atoms with Gasteiger partial charge >= 0.3 is 0 Å². The highest BCUT2D eigenvalue weighted by Gasteiger charge is 2.12. The van der Waals surface area contributed by atoms with Gasteiger partial charge in [-0.2, -0.15) is 0 Å². The standard InChI is InChI=1S/C7H11O/c1-2-4-7-5-3-6-8-7/h2,4,7H,1,3,5-6H2. The zero-order valence-corrected chi connectivity index (χ0v) is 4.97. The largest absolute Gasteiger partial charge is 0.378 e. The molecular formula is C7H11O. The highest BCUT2D eigenvalue weighted by Crippen LogP contribution is 2.13. The summed E-state index contributed by atoms with van der Waals surface area (Å²) in [6, 6.07) is 0. The molecular weight excluding hydrogens is 100 g/mol. The summed E-state index contributed by atoms with van der Waals surface area (Å²) in [6.07, 6.45) is 6.55. The first-order chi connectivity index (χ1) is 3.93. The molecule has 1 unspecified atom stereocenters. The van der Waals surface area contributed by atoms with E-state index in [-0.39, 0.29) is 0 Å².